The molecule has 0 bridgehead atoms. The van der Waals surface area contributed by atoms with Gasteiger partial charge in [0, 0.05) is 0 Å². The van der Waals surface area contributed by atoms with E-state index in [4.69, 9.17) is 0 Å². The second kappa shape index (κ2) is 5.82. The Kier molecular flexibility index (Phi) is 5.44. The average Bonchev–Trinajstić information content (AvgIpc) is 2.12. The SMILES string of the molecule is C=C(/C=C(CC)\C(C)=C/C)CC. The van der Waals surface area contributed by atoms with Crippen molar-refractivity contribution < 1.29 is 0 Å². The van der Waals surface area contributed by atoms with Crippen LogP contribution in [-0.4, -0.2) is 0 Å². The Balaban J connectivity index is 4.54. The second-order valence-electron chi connectivity index (χ2n) is 3.01. The van der Waals surface area contributed by atoms with Crippen molar-refractivity contribution in [3.05, 3.63) is 35.5 Å². The fourth-order valence-electron chi connectivity index (χ4n) is 1.03. The van der Waals surface area contributed by atoms with Gasteiger partial charge in [0.2, 0.25) is 0 Å². The van der Waals surface area contributed by atoms with Gasteiger partial charge in [-0.1, -0.05) is 43.7 Å². The first-order valence-electron chi connectivity index (χ1n) is 4.67. The number of hydrogen-bond donors (Lipinski definition) is 0. The van der Waals surface area contributed by atoms with Crippen molar-refractivity contribution in [2.75, 3.05) is 0 Å². The van der Waals surface area contributed by atoms with Crippen LogP contribution in [0.5, 0.6) is 0 Å². The summed E-state index contributed by atoms with van der Waals surface area (Å²) in [7, 11) is 0. The minimum absolute atomic E-state index is 1.04. The predicted octanol–water partition coefficient (Wildman–Crippen LogP) is 4.26. The van der Waals surface area contributed by atoms with Gasteiger partial charge in [0.15, 0.2) is 0 Å². The molecule has 0 fully saturated rings. The van der Waals surface area contributed by atoms with Gasteiger partial charge in [0.1, 0.15) is 0 Å². The van der Waals surface area contributed by atoms with Gasteiger partial charge in [-0.15, -0.1) is 0 Å². The van der Waals surface area contributed by atoms with Gasteiger partial charge in [-0.05, 0) is 32.3 Å². The molecule has 0 aliphatic rings. The van der Waals surface area contributed by atoms with Crippen molar-refractivity contribution in [3.63, 3.8) is 0 Å². The first kappa shape index (κ1) is 11.2. The summed E-state index contributed by atoms with van der Waals surface area (Å²) in [5.41, 5.74) is 3.99. The van der Waals surface area contributed by atoms with E-state index in [1.807, 2.05) is 0 Å². The van der Waals surface area contributed by atoms with Gasteiger partial charge in [-0.3, -0.25) is 0 Å². The van der Waals surface area contributed by atoms with E-state index in [1.165, 1.54) is 16.7 Å². The molecule has 0 radical (unpaired) electrons. The van der Waals surface area contributed by atoms with Gasteiger partial charge >= 0.3 is 0 Å². The van der Waals surface area contributed by atoms with Crippen LogP contribution in [0.4, 0.5) is 0 Å². The molecule has 0 aromatic heterocycles. The standard InChI is InChI=1S/C12H20/c1-6-10(4)9-12(8-3)11(5)7-2/h7,9H,4,6,8H2,1-3,5H3/b11-7-,12-9-. The molecule has 0 heterocycles. The van der Waals surface area contributed by atoms with E-state index >= 15 is 0 Å². The summed E-state index contributed by atoms with van der Waals surface area (Å²) in [6, 6.07) is 0. The molecule has 0 saturated carbocycles. The Hall–Kier alpha value is -0.780. The first-order chi connectivity index (χ1) is 5.65. The summed E-state index contributed by atoms with van der Waals surface area (Å²) in [4.78, 5) is 0. The fraction of sp³-hybridized carbons (Fsp3) is 0.500. The van der Waals surface area contributed by atoms with Gasteiger partial charge < -0.3 is 0 Å². The summed E-state index contributed by atoms with van der Waals surface area (Å²) >= 11 is 0. The molecule has 0 heteroatoms. The highest BCUT2D eigenvalue weighted by molar-refractivity contribution is 5.34. The molecule has 0 saturated heterocycles. The number of rotatable bonds is 4. The van der Waals surface area contributed by atoms with Gasteiger partial charge in [0.05, 0.1) is 0 Å². The zero-order valence-electron chi connectivity index (χ0n) is 8.78. The molecule has 0 N–H and O–H groups in total. The Morgan fingerprint density at radius 2 is 1.83 bits per heavy atom. The van der Waals surface area contributed by atoms with E-state index in [2.05, 4.69) is 46.4 Å². The lowest BCUT2D eigenvalue weighted by molar-refractivity contribution is 1.07. The largest absolute Gasteiger partial charge is 0.0958 e. The molecule has 0 aromatic rings. The van der Waals surface area contributed by atoms with Crippen LogP contribution in [0.25, 0.3) is 0 Å². The van der Waals surface area contributed by atoms with Gasteiger partial charge in [0.25, 0.3) is 0 Å². The normalized spacial score (nSPS) is 13.3. The molecule has 0 atom stereocenters. The van der Waals surface area contributed by atoms with Crippen LogP contribution in [-0.2, 0) is 0 Å². The molecule has 0 aliphatic carbocycles. The number of hydrogen-bond acceptors (Lipinski definition) is 0. The molecule has 0 spiro atoms. The Labute approximate surface area is 76.7 Å². The van der Waals surface area contributed by atoms with E-state index in [1.54, 1.807) is 0 Å². The molecular weight excluding hydrogens is 144 g/mol. The van der Waals surface area contributed by atoms with E-state index in [0.717, 1.165) is 12.8 Å². The highest BCUT2D eigenvalue weighted by Gasteiger charge is 1.95. The number of allylic oxidation sites excluding steroid dienone is 5. The molecule has 0 aromatic carbocycles. The van der Waals surface area contributed by atoms with Crippen LogP contribution in [0.3, 0.4) is 0 Å². The first-order valence-corrected chi connectivity index (χ1v) is 4.67. The summed E-state index contributed by atoms with van der Waals surface area (Å²) in [6.07, 6.45) is 6.49. The molecule has 68 valence electrons. The topological polar surface area (TPSA) is 0 Å². The maximum absolute atomic E-state index is 3.97. The molecule has 0 amide bonds. The van der Waals surface area contributed by atoms with Crippen LogP contribution in [0.2, 0.25) is 0 Å². The fourth-order valence-corrected chi connectivity index (χ4v) is 1.03. The summed E-state index contributed by atoms with van der Waals surface area (Å²) < 4.78 is 0. The highest BCUT2D eigenvalue weighted by atomic mass is 14.0. The van der Waals surface area contributed by atoms with Crippen LogP contribution < -0.4 is 0 Å². The average molecular weight is 164 g/mol. The van der Waals surface area contributed by atoms with Gasteiger partial charge in [-0.2, -0.15) is 0 Å². The van der Waals surface area contributed by atoms with E-state index < -0.39 is 0 Å². The lowest BCUT2D eigenvalue weighted by atomic mass is 10.0. The summed E-state index contributed by atoms with van der Waals surface area (Å²) in [5, 5.41) is 0. The zero-order valence-corrected chi connectivity index (χ0v) is 8.78. The summed E-state index contributed by atoms with van der Waals surface area (Å²) in [6.45, 7) is 12.5. The van der Waals surface area contributed by atoms with Crippen LogP contribution in [0, 0.1) is 0 Å². The maximum Gasteiger partial charge on any atom is -0.0305 e. The predicted molar refractivity (Wildman–Crippen MR) is 57.2 cm³/mol. The molecular formula is C12H20. The van der Waals surface area contributed by atoms with E-state index in [0.29, 0.717) is 0 Å². The van der Waals surface area contributed by atoms with Crippen LogP contribution in [0.1, 0.15) is 40.5 Å². The third kappa shape index (κ3) is 3.56. The third-order valence-corrected chi connectivity index (χ3v) is 2.15. The maximum atomic E-state index is 3.97. The van der Waals surface area contributed by atoms with E-state index in [9.17, 15) is 0 Å². The summed E-state index contributed by atoms with van der Waals surface area (Å²) in [5.74, 6) is 0. The minimum Gasteiger partial charge on any atom is -0.0958 e. The second-order valence-corrected chi connectivity index (χ2v) is 3.01. The zero-order chi connectivity index (χ0) is 9.56. The molecule has 0 nitrogen and oxygen atoms in total. The lowest BCUT2D eigenvalue weighted by Crippen LogP contribution is -1.84. The Morgan fingerprint density at radius 1 is 1.25 bits per heavy atom. The Morgan fingerprint density at radius 3 is 2.17 bits per heavy atom. The monoisotopic (exact) mass is 164 g/mol. The molecule has 0 rings (SSSR count). The van der Waals surface area contributed by atoms with Crippen molar-refractivity contribution in [2.45, 2.75) is 40.5 Å². The van der Waals surface area contributed by atoms with Gasteiger partial charge in [-0.25, -0.2) is 0 Å². The minimum atomic E-state index is 1.04. The van der Waals surface area contributed by atoms with Crippen LogP contribution >= 0.6 is 0 Å². The van der Waals surface area contributed by atoms with Crippen molar-refractivity contribution in [2.24, 2.45) is 0 Å². The smallest absolute Gasteiger partial charge is 0.0305 e. The molecule has 12 heavy (non-hydrogen) atoms. The quantitative estimate of drug-likeness (QED) is 0.545. The van der Waals surface area contributed by atoms with Crippen molar-refractivity contribution >= 4 is 0 Å². The van der Waals surface area contributed by atoms with Crippen molar-refractivity contribution in [1.82, 2.24) is 0 Å². The molecule has 0 aliphatic heterocycles. The molecule has 0 unspecified atom stereocenters. The van der Waals surface area contributed by atoms with Crippen molar-refractivity contribution in [3.8, 4) is 0 Å². The Bertz CT molecular complexity index is 204. The van der Waals surface area contributed by atoms with Crippen molar-refractivity contribution in [1.29, 1.82) is 0 Å². The van der Waals surface area contributed by atoms with E-state index in [-0.39, 0.29) is 0 Å². The third-order valence-electron chi connectivity index (χ3n) is 2.15. The van der Waals surface area contributed by atoms with Crippen LogP contribution in [0.15, 0.2) is 35.5 Å². The lowest BCUT2D eigenvalue weighted by Gasteiger charge is -2.05. The highest BCUT2D eigenvalue weighted by Crippen LogP contribution is 2.16.